The average Bonchev–Trinajstić information content (AvgIpc) is 2.63. The van der Waals surface area contributed by atoms with Gasteiger partial charge < -0.3 is 15.2 Å². The van der Waals surface area contributed by atoms with Crippen molar-refractivity contribution in [3.63, 3.8) is 0 Å². The number of carbonyl (C=O) groups is 1. The molecule has 0 bridgehead atoms. The molecule has 0 fully saturated rings. The summed E-state index contributed by atoms with van der Waals surface area (Å²) in [5.41, 5.74) is 2.52. The second-order valence-electron chi connectivity index (χ2n) is 5.54. The van der Waals surface area contributed by atoms with Gasteiger partial charge in [0.15, 0.2) is 0 Å². The predicted molar refractivity (Wildman–Crippen MR) is 100 cm³/mol. The van der Waals surface area contributed by atoms with Gasteiger partial charge in [-0.2, -0.15) is 0 Å². The normalized spacial score (nSPS) is 10.4. The third kappa shape index (κ3) is 3.78. The van der Waals surface area contributed by atoms with Crippen LogP contribution in [0, 0.1) is 5.82 Å². The number of carboxylic acids is 1. The molecule has 0 saturated carbocycles. The van der Waals surface area contributed by atoms with E-state index in [0.29, 0.717) is 22.1 Å². The van der Waals surface area contributed by atoms with Gasteiger partial charge in [0, 0.05) is 16.3 Å². The first-order valence-electron chi connectivity index (χ1n) is 7.72. The number of hydrogen-bond donors (Lipinski definition) is 2. The number of benzene rings is 3. The number of rotatable bonds is 5. The lowest BCUT2D eigenvalue weighted by Crippen LogP contribution is -2.03. The van der Waals surface area contributed by atoms with Crippen molar-refractivity contribution in [2.45, 2.75) is 0 Å². The summed E-state index contributed by atoms with van der Waals surface area (Å²) in [4.78, 5) is 11.5. The van der Waals surface area contributed by atoms with Crippen LogP contribution in [-0.4, -0.2) is 18.2 Å². The van der Waals surface area contributed by atoms with Crippen molar-refractivity contribution in [2.24, 2.45) is 0 Å². The maximum Gasteiger partial charge on any atom is 0.337 e. The van der Waals surface area contributed by atoms with Crippen LogP contribution in [0.2, 0.25) is 5.02 Å². The fraction of sp³-hybridized carbons (Fsp3) is 0.0500. The molecule has 3 rings (SSSR count). The Morgan fingerprint density at radius 1 is 1.08 bits per heavy atom. The number of hydrogen-bond acceptors (Lipinski definition) is 3. The molecule has 132 valence electrons. The Kier molecular flexibility index (Phi) is 5.09. The van der Waals surface area contributed by atoms with E-state index in [2.05, 4.69) is 5.32 Å². The van der Waals surface area contributed by atoms with Crippen LogP contribution in [0.1, 0.15) is 10.4 Å². The van der Waals surface area contributed by atoms with E-state index >= 15 is 0 Å². The molecule has 6 heteroatoms. The molecule has 4 nitrogen and oxygen atoms in total. The van der Waals surface area contributed by atoms with Crippen LogP contribution in [0.25, 0.3) is 11.1 Å². The highest BCUT2D eigenvalue weighted by molar-refractivity contribution is 6.31. The first kappa shape index (κ1) is 17.8. The fourth-order valence-electron chi connectivity index (χ4n) is 2.60. The topological polar surface area (TPSA) is 58.6 Å². The summed E-state index contributed by atoms with van der Waals surface area (Å²) in [6, 6.07) is 15.8. The quantitative estimate of drug-likeness (QED) is 0.613. The largest absolute Gasteiger partial charge is 0.496 e. The molecule has 0 atom stereocenters. The van der Waals surface area contributed by atoms with Gasteiger partial charge >= 0.3 is 5.97 Å². The molecule has 0 saturated heterocycles. The van der Waals surface area contributed by atoms with Crippen LogP contribution in [-0.2, 0) is 0 Å². The molecular formula is C20H15ClFNO3. The van der Waals surface area contributed by atoms with Crippen LogP contribution in [0.15, 0.2) is 60.7 Å². The minimum absolute atomic E-state index is 0.0964. The van der Waals surface area contributed by atoms with Crippen molar-refractivity contribution >= 4 is 28.9 Å². The smallest absolute Gasteiger partial charge is 0.337 e. The van der Waals surface area contributed by atoms with Gasteiger partial charge in [-0.1, -0.05) is 17.7 Å². The summed E-state index contributed by atoms with van der Waals surface area (Å²) in [5.74, 6) is -0.823. The number of halogens is 2. The number of anilines is 2. The van der Waals surface area contributed by atoms with E-state index in [0.717, 1.165) is 11.1 Å². The zero-order valence-electron chi connectivity index (χ0n) is 13.8. The van der Waals surface area contributed by atoms with Gasteiger partial charge in [-0.05, 0) is 60.2 Å². The predicted octanol–water partition coefficient (Wildman–Crippen LogP) is 5.60. The Balaban J connectivity index is 2.08. The summed E-state index contributed by atoms with van der Waals surface area (Å²) in [7, 11) is 1.55. The first-order chi connectivity index (χ1) is 12.5. The van der Waals surface area contributed by atoms with Crippen molar-refractivity contribution in [3.05, 3.63) is 77.1 Å². The van der Waals surface area contributed by atoms with Crippen molar-refractivity contribution in [2.75, 3.05) is 12.4 Å². The summed E-state index contributed by atoms with van der Waals surface area (Å²) in [6.45, 7) is 0. The van der Waals surface area contributed by atoms with E-state index in [1.807, 2.05) is 0 Å². The Labute approximate surface area is 154 Å². The molecule has 0 aliphatic carbocycles. The lowest BCUT2D eigenvalue weighted by atomic mass is 10.0. The molecule has 2 N–H and O–H groups in total. The maximum atomic E-state index is 13.1. The van der Waals surface area contributed by atoms with Crippen molar-refractivity contribution in [1.29, 1.82) is 0 Å². The van der Waals surface area contributed by atoms with Crippen LogP contribution in [0.5, 0.6) is 5.75 Å². The summed E-state index contributed by atoms with van der Waals surface area (Å²) >= 11 is 6.09. The molecule has 3 aromatic carbocycles. The zero-order chi connectivity index (χ0) is 18.7. The van der Waals surface area contributed by atoms with Gasteiger partial charge in [-0.15, -0.1) is 0 Å². The van der Waals surface area contributed by atoms with Crippen LogP contribution in [0.3, 0.4) is 0 Å². The van der Waals surface area contributed by atoms with E-state index in [9.17, 15) is 14.3 Å². The number of methoxy groups -OCH3 is 1. The Hall–Kier alpha value is -3.05. The highest BCUT2D eigenvalue weighted by Crippen LogP contribution is 2.35. The minimum Gasteiger partial charge on any atom is -0.496 e. The molecule has 3 aromatic rings. The number of aromatic carboxylic acids is 1. The van der Waals surface area contributed by atoms with E-state index in [-0.39, 0.29) is 11.4 Å². The second-order valence-corrected chi connectivity index (χ2v) is 5.98. The molecule has 0 amide bonds. The molecule has 0 aromatic heterocycles. The molecule has 0 radical (unpaired) electrons. The molecule has 0 aliphatic rings. The number of nitrogens with one attached hydrogen (secondary N) is 1. The van der Waals surface area contributed by atoms with Crippen molar-refractivity contribution in [3.8, 4) is 16.9 Å². The Morgan fingerprint density at radius 3 is 2.46 bits per heavy atom. The van der Waals surface area contributed by atoms with E-state index in [1.165, 1.54) is 30.3 Å². The van der Waals surface area contributed by atoms with Gasteiger partial charge in [-0.25, -0.2) is 9.18 Å². The summed E-state index contributed by atoms with van der Waals surface area (Å²) < 4.78 is 18.5. The molecular weight excluding hydrogens is 357 g/mol. The van der Waals surface area contributed by atoms with Gasteiger partial charge in [-0.3, -0.25) is 0 Å². The summed E-state index contributed by atoms with van der Waals surface area (Å²) in [6.07, 6.45) is 0. The van der Waals surface area contributed by atoms with Crippen molar-refractivity contribution in [1.82, 2.24) is 0 Å². The van der Waals surface area contributed by atoms with E-state index in [1.54, 1.807) is 37.4 Å². The van der Waals surface area contributed by atoms with Gasteiger partial charge in [0.25, 0.3) is 0 Å². The van der Waals surface area contributed by atoms with Crippen LogP contribution in [0.4, 0.5) is 15.8 Å². The maximum absolute atomic E-state index is 13.1. The van der Waals surface area contributed by atoms with Gasteiger partial charge in [0.1, 0.15) is 11.6 Å². The molecule has 0 spiro atoms. The molecule has 26 heavy (non-hydrogen) atoms. The third-order valence-electron chi connectivity index (χ3n) is 3.85. The first-order valence-corrected chi connectivity index (χ1v) is 8.09. The lowest BCUT2D eigenvalue weighted by Gasteiger charge is -2.14. The number of carboxylic acid groups (broad SMARTS) is 1. The minimum atomic E-state index is -1.07. The second kappa shape index (κ2) is 7.45. The SMILES string of the molecule is COc1ccc(Cl)cc1-c1ccc(C(=O)O)c(Nc2ccc(F)cc2)c1. The van der Waals surface area contributed by atoms with Crippen LogP contribution < -0.4 is 10.1 Å². The van der Waals surface area contributed by atoms with E-state index in [4.69, 9.17) is 16.3 Å². The van der Waals surface area contributed by atoms with Gasteiger partial charge in [0.2, 0.25) is 0 Å². The summed E-state index contributed by atoms with van der Waals surface area (Å²) in [5, 5.41) is 13.0. The standard InChI is InChI=1S/C20H15ClFNO3/c1-26-19-9-3-13(21)11-17(19)12-2-8-16(20(24)25)18(10-12)23-15-6-4-14(22)5-7-15/h2-11,23H,1H3,(H,24,25). The average molecular weight is 372 g/mol. The van der Waals surface area contributed by atoms with Gasteiger partial charge in [0.05, 0.1) is 18.4 Å². The van der Waals surface area contributed by atoms with E-state index < -0.39 is 5.97 Å². The number of ether oxygens (including phenoxy) is 1. The monoisotopic (exact) mass is 371 g/mol. The lowest BCUT2D eigenvalue weighted by molar-refractivity contribution is 0.0698. The third-order valence-corrected chi connectivity index (χ3v) is 4.08. The van der Waals surface area contributed by atoms with Crippen molar-refractivity contribution < 1.29 is 19.0 Å². The Bertz CT molecular complexity index is 958. The highest BCUT2D eigenvalue weighted by Gasteiger charge is 2.14. The highest BCUT2D eigenvalue weighted by atomic mass is 35.5. The molecule has 0 aliphatic heterocycles. The van der Waals surface area contributed by atoms with Crippen LogP contribution >= 0.6 is 11.6 Å². The molecule has 0 unspecified atom stereocenters. The zero-order valence-corrected chi connectivity index (χ0v) is 14.5. The Morgan fingerprint density at radius 2 is 1.81 bits per heavy atom. The molecule has 0 heterocycles. The fourth-order valence-corrected chi connectivity index (χ4v) is 2.77.